The van der Waals surface area contributed by atoms with Crippen LogP contribution in [0.1, 0.15) is 0 Å². The highest BCUT2D eigenvalue weighted by Gasteiger charge is 2.20. The third kappa shape index (κ3) is 6.06. The van der Waals surface area contributed by atoms with Gasteiger partial charge in [-0.25, -0.2) is 4.98 Å². The van der Waals surface area contributed by atoms with Crippen LogP contribution >= 0.6 is 0 Å². The molecule has 5 nitrogen and oxygen atoms in total. The monoisotopic (exact) mass is 791 g/mol. The van der Waals surface area contributed by atoms with Crippen LogP contribution in [0.3, 0.4) is 0 Å². The lowest BCUT2D eigenvalue weighted by Crippen LogP contribution is -2.06. The van der Waals surface area contributed by atoms with Crippen molar-refractivity contribution in [2.45, 2.75) is 0 Å². The van der Waals surface area contributed by atoms with E-state index in [2.05, 4.69) is 215 Å². The lowest BCUT2D eigenvalue weighted by atomic mass is 9.96. The van der Waals surface area contributed by atoms with Crippen molar-refractivity contribution in [1.29, 1.82) is 0 Å². The highest BCUT2D eigenvalue weighted by atomic mass is 15.2. The molecule has 0 radical (unpaired) electrons. The Kier molecular flexibility index (Phi) is 8.42. The Morgan fingerprint density at radius 3 is 1.19 bits per heavy atom. The summed E-state index contributed by atoms with van der Waals surface area (Å²) < 4.78 is 4.56. The molecule has 0 saturated carbocycles. The fourth-order valence-corrected chi connectivity index (χ4v) is 9.04. The lowest BCUT2D eigenvalue weighted by molar-refractivity contribution is 0.953. The van der Waals surface area contributed by atoms with Crippen LogP contribution in [0.25, 0.3) is 111 Å². The summed E-state index contributed by atoms with van der Waals surface area (Å²) >= 11 is 0. The van der Waals surface area contributed by atoms with Gasteiger partial charge in [-0.1, -0.05) is 158 Å². The maximum Gasteiger partial charge on any atom is 0.238 e. The van der Waals surface area contributed by atoms with Crippen molar-refractivity contribution in [3.8, 4) is 67.8 Å². The van der Waals surface area contributed by atoms with Gasteiger partial charge in [0.1, 0.15) is 0 Å². The predicted molar refractivity (Wildman–Crippen MR) is 256 cm³/mol. The first kappa shape index (κ1) is 35.5. The molecule has 0 spiro atoms. The van der Waals surface area contributed by atoms with E-state index in [1.165, 1.54) is 21.8 Å². The molecule has 0 saturated heterocycles. The van der Waals surface area contributed by atoms with E-state index in [-0.39, 0.29) is 0 Å². The van der Waals surface area contributed by atoms with Crippen LogP contribution in [0.4, 0.5) is 0 Å². The minimum atomic E-state index is 0.564. The van der Waals surface area contributed by atoms with Gasteiger partial charge in [-0.2, -0.15) is 9.97 Å². The van der Waals surface area contributed by atoms with Crippen LogP contribution < -0.4 is 0 Å². The topological polar surface area (TPSA) is 48.5 Å². The summed E-state index contributed by atoms with van der Waals surface area (Å²) in [4.78, 5) is 15.8. The molecule has 12 aromatic rings. The van der Waals surface area contributed by atoms with E-state index in [9.17, 15) is 0 Å². The maximum absolute atomic E-state index is 5.35. The predicted octanol–water partition coefficient (Wildman–Crippen LogP) is 14.4. The van der Waals surface area contributed by atoms with Gasteiger partial charge >= 0.3 is 0 Å². The molecule has 0 unspecified atom stereocenters. The first-order valence-electron chi connectivity index (χ1n) is 20.9. The number of nitrogens with zero attached hydrogens (tertiary/aromatic N) is 5. The molecule has 0 fully saturated rings. The summed E-state index contributed by atoms with van der Waals surface area (Å²) in [6, 6.07) is 79.3. The van der Waals surface area contributed by atoms with Gasteiger partial charge in [-0.15, -0.1) is 0 Å². The molecule has 0 amide bonds. The first-order valence-corrected chi connectivity index (χ1v) is 20.9. The van der Waals surface area contributed by atoms with E-state index >= 15 is 0 Å². The molecule has 62 heavy (non-hydrogen) atoms. The second kappa shape index (κ2) is 14.7. The van der Waals surface area contributed by atoms with Gasteiger partial charge in [0.15, 0.2) is 11.6 Å². The van der Waals surface area contributed by atoms with Gasteiger partial charge < -0.3 is 4.57 Å². The minimum absolute atomic E-state index is 0.564. The van der Waals surface area contributed by atoms with Crippen molar-refractivity contribution in [2.24, 2.45) is 0 Å². The van der Waals surface area contributed by atoms with Gasteiger partial charge in [0.2, 0.25) is 5.95 Å². The molecule has 0 aliphatic carbocycles. The van der Waals surface area contributed by atoms with Crippen molar-refractivity contribution in [3.63, 3.8) is 0 Å². The molecular formula is C57H37N5. The van der Waals surface area contributed by atoms with Crippen LogP contribution in [0, 0.1) is 0 Å². The number of hydrogen-bond acceptors (Lipinski definition) is 3. The summed E-state index contributed by atoms with van der Waals surface area (Å²) in [5, 5.41) is 4.72. The van der Waals surface area contributed by atoms with Crippen molar-refractivity contribution < 1.29 is 0 Å². The van der Waals surface area contributed by atoms with E-state index in [4.69, 9.17) is 15.0 Å². The molecule has 0 aliphatic rings. The number of rotatable bonds is 7. The van der Waals surface area contributed by atoms with Crippen LogP contribution in [0.2, 0.25) is 0 Å². The molecule has 0 N–H and O–H groups in total. The van der Waals surface area contributed by atoms with Crippen molar-refractivity contribution >= 4 is 43.6 Å². The SMILES string of the molecule is c1ccc(-c2cc(-c3ccccc3)cc(-c3nc(-c4ccccc4)nc(-n4c5ccccc5c5cc(-c6ccc7c(c6)c6ccccc6n7-c6ccccc6)ccc54)n3)c2)cc1. The zero-order chi connectivity index (χ0) is 41.0. The lowest BCUT2D eigenvalue weighted by Gasteiger charge is -2.13. The summed E-state index contributed by atoms with van der Waals surface area (Å²) in [6.07, 6.45) is 0. The standard InChI is InChI=1S/C57H37N5/c1-5-17-38(18-6-1)43-33-44(39-19-7-2-8-20-39)35-45(34-43)56-58-55(40-21-9-3-10-22-40)59-57(60-56)62-52-28-16-14-26-48(52)50-37-42(30-32-54(50)62)41-29-31-53-49(36-41)47-25-13-15-27-51(47)61(53)46-23-11-4-12-24-46/h1-37H. The first-order chi connectivity index (χ1) is 30.7. The summed E-state index contributed by atoms with van der Waals surface area (Å²) in [7, 11) is 0. The molecule has 0 atom stereocenters. The molecule has 290 valence electrons. The second-order valence-corrected chi connectivity index (χ2v) is 15.7. The number of aromatic nitrogens is 5. The normalized spacial score (nSPS) is 11.5. The molecule has 12 rings (SSSR count). The maximum atomic E-state index is 5.35. The zero-order valence-electron chi connectivity index (χ0n) is 33.6. The fraction of sp³-hybridized carbons (Fsp3) is 0. The van der Waals surface area contributed by atoms with Crippen LogP contribution in [-0.2, 0) is 0 Å². The molecule has 3 aromatic heterocycles. The Morgan fingerprint density at radius 1 is 0.242 bits per heavy atom. The third-order valence-corrected chi connectivity index (χ3v) is 12.0. The minimum Gasteiger partial charge on any atom is -0.309 e. The van der Waals surface area contributed by atoms with Gasteiger partial charge in [-0.3, -0.25) is 4.57 Å². The number of benzene rings is 9. The van der Waals surface area contributed by atoms with Gasteiger partial charge in [-0.05, 0) is 100 Å². The number of para-hydroxylation sites is 3. The molecular weight excluding hydrogens is 755 g/mol. The Labute approximate surface area is 358 Å². The second-order valence-electron chi connectivity index (χ2n) is 15.7. The van der Waals surface area contributed by atoms with Crippen molar-refractivity contribution in [1.82, 2.24) is 24.1 Å². The van der Waals surface area contributed by atoms with Gasteiger partial charge in [0.05, 0.1) is 22.1 Å². The van der Waals surface area contributed by atoms with E-state index < -0.39 is 0 Å². The Hall–Kier alpha value is -8.41. The van der Waals surface area contributed by atoms with Gasteiger partial charge in [0, 0.05) is 38.4 Å². The van der Waals surface area contributed by atoms with Gasteiger partial charge in [0.25, 0.3) is 0 Å². The Balaban J connectivity index is 1.05. The average molecular weight is 792 g/mol. The molecule has 3 heterocycles. The zero-order valence-corrected chi connectivity index (χ0v) is 33.6. The van der Waals surface area contributed by atoms with Crippen molar-refractivity contribution in [2.75, 3.05) is 0 Å². The van der Waals surface area contributed by atoms with Crippen LogP contribution in [-0.4, -0.2) is 24.1 Å². The van der Waals surface area contributed by atoms with E-state index in [0.29, 0.717) is 17.6 Å². The van der Waals surface area contributed by atoms with Crippen molar-refractivity contribution in [3.05, 3.63) is 224 Å². The highest BCUT2D eigenvalue weighted by Crippen LogP contribution is 2.39. The molecule has 5 heteroatoms. The average Bonchev–Trinajstić information content (AvgIpc) is 3.87. The molecule has 0 aliphatic heterocycles. The summed E-state index contributed by atoms with van der Waals surface area (Å²) in [6.45, 7) is 0. The Morgan fingerprint density at radius 2 is 0.645 bits per heavy atom. The smallest absolute Gasteiger partial charge is 0.238 e. The highest BCUT2D eigenvalue weighted by molar-refractivity contribution is 6.12. The summed E-state index contributed by atoms with van der Waals surface area (Å²) in [5.41, 5.74) is 14.2. The third-order valence-electron chi connectivity index (χ3n) is 12.0. The largest absolute Gasteiger partial charge is 0.309 e. The van der Waals surface area contributed by atoms with Crippen LogP contribution in [0.5, 0.6) is 0 Å². The van der Waals surface area contributed by atoms with E-state index in [0.717, 1.165) is 72.0 Å². The Bertz CT molecular complexity index is 3550. The van der Waals surface area contributed by atoms with Crippen LogP contribution in [0.15, 0.2) is 224 Å². The summed E-state index contributed by atoms with van der Waals surface area (Å²) in [5.74, 6) is 1.78. The van der Waals surface area contributed by atoms with E-state index in [1.807, 2.05) is 18.2 Å². The molecule has 9 aromatic carbocycles. The molecule has 0 bridgehead atoms. The quantitative estimate of drug-likeness (QED) is 0.162. The fourth-order valence-electron chi connectivity index (χ4n) is 9.04. The number of fused-ring (bicyclic) bond motifs is 6. The van der Waals surface area contributed by atoms with E-state index in [1.54, 1.807) is 0 Å². The number of hydrogen-bond donors (Lipinski definition) is 0.